The SMILES string of the molecule is O=C(CCCNC(=O)c1cccs1)Nc1ccc(OC(F)F)c(Cl)c1. The van der Waals surface area contributed by atoms with Crippen LogP contribution in [0, 0.1) is 0 Å². The Bertz CT molecular complexity index is 726. The summed E-state index contributed by atoms with van der Waals surface area (Å²) < 4.78 is 28.5. The lowest BCUT2D eigenvalue weighted by Crippen LogP contribution is -2.24. The van der Waals surface area contributed by atoms with Gasteiger partial charge in [-0.25, -0.2) is 0 Å². The first-order chi connectivity index (χ1) is 12.0. The molecule has 0 saturated carbocycles. The van der Waals surface area contributed by atoms with E-state index in [1.807, 2.05) is 5.38 Å². The number of alkyl halides is 2. The summed E-state index contributed by atoms with van der Waals surface area (Å²) >= 11 is 7.15. The number of hydrogen-bond donors (Lipinski definition) is 2. The standard InChI is InChI=1S/C16H15ClF2N2O3S/c17-11-9-10(5-6-12(11)24-16(18)19)21-14(22)4-1-7-20-15(23)13-3-2-8-25-13/h2-3,5-6,8-9,16H,1,4,7H2,(H,20,23)(H,21,22). The van der Waals surface area contributed by atoms with Gasteiger partial charge in [0.15, 0.2) is 0 Å². The molecule has 0 aliphatic carbocycles. The maximum atomic E-state index is 12.2. The molecule has 134 valence electrons. The van der Waals surface area contributed by atoms with Crippen molar-refractivity contribution in [2.24, 2.45) is 0 Å². The molecule has 1 aromatic heterocycles. The molecule has 2 N–H and O–H groups in total. The number of halogens is 3. The normalized spacial score (nSPS) is 10.6. The van der Waals surface area contributed by atoms with Crippen molar-refractivity contribution >= 4 is 40.4 Å². The summed E-state index contributed by atoms with van der Waals surface area (Å²) in [5.41, 5.74) is 0.374. The molecule has 0 aliphatic heterocycles. The van der Waals surface area contributed by atoms with E-state index in [4.69, 9.17) is 11.6 Å². The van der Waals surface area contributed by atoms with E-state index >= 15 is 0 Å². The summed E-state index contributed by atoms with van der Waals surface area (Å²) in [5.74, 6) is -0.605. The van der Waals surface area contributed by atoms with Crippen LogP contribution in [0.25, 0.3) is 0 Å². The lowest BCUT2D eigenvalue weighted by Gasteiger charge is -2.09. The van der Waals surface area contributed by atoms with Gasteiger partial charge in [-0.2, -0.15) is 8.78 Å². The van der Waals surface area contributed by atoms with Crippen LogP contribution in [0.4, 0.5) is 14.5 Å². The van der Waals surface area contributed by atoms with Crippen molar-refractivity contribution in [3.05, 3.63) is 45.6 Å². The molecule has 1 heterocycles. The number of benzene rings is 1. The molecule has 0 bridgehead atoms. The molecule has 0 radical (unpaired) electrons. The quantitative estimate of drug-likeness (QED) is 0.667. The van der Waals surface area contributed by atoms with Gasteiger partial charge >= 0.3 is 6.61 Å². The van der Waals surface area contributed by atoms with Crippen LogP contribution >= 0.6 is 22.9 Å². The first-order valence-corrected chi connectivity index (χ1v) is 8.57. The fraction of sp³-hybridized carbons (Fsp3) is 0.250. The highest BCUT2D eigenvalue weighted by Gasteiger charge is 2.11. The van der Waals surface area contributed by atoms with Crippen LogP contribution in [0.2, 0.25) is 5.02 Å². The van der Waals surface area contributed by atoms with Gasteiger partial charge in [0.2, 0.25) is 5.91 Å². The van der Waals surface area contributed by atoms with E-state index in [2.05, 4.69) is 15.4 Å². The monoisotopic (exact) mass is 388 g/mol. The zero-order valence-electron chi connectivity index (χ0n) is 12.9. The zero-order valence-corrected chi connectivity index (χ0v) is 14.5. The van der Waals surface area contributed by atoms with Crippen LogP contribution in [-0.2, 0) is 4.79 Å². The molecule has 0 spiro atoms. The summed E-state index contributed by atoms with van der Waals surface area (Å²) in [6.07, 6.45) is 0.654. The van der Waals surface area contributed by atoms with E-state index in [1.165, 1.54) is 29.5 Å². The first-order valence-electron chi connectivity index (χ1n) is 7.31. The third-order valence-electron chi connectivity index (χ3n) is 3.04. The second-order valence-electron chi connectivity index (χ2n) is 4.91. The van der Waals surface area contributed by atoms with E-state index < -0.39 is 6.61 Å². The van der Waals surface area contributed by atoms with Crippen molar-refractivity contribution in [2.45, 2.75) is 19.5 Å². The fourth-order valence-electron chi connectivity index (χ4n) is 1.94. The van der Waals surface area contributed by atoms with Crippen LogP contribution in [0.15, 0.2) is 35.7 Å². The third-order valence-corrected chi connectivity index (χ3v) is 4.21. The second kappa shape index (κ2) is 9.33. The molecule has 0 saturated heterocycles. The van der Waals surface area contributed by atoms with Gasteiger partial charge in [0.1, 0.15) is 5.75 Å². The van der Waals surface area contributed by atoms with Crippen LogP contribution < -0.4 is 15.4 Å². The van der Waals surface area contributed by atoms with E-state index in [-0.39, 0.29) is 29.0 Å². The van der Waals surface area contributed by atoms with Crippen molar-refractivity contribution < 1.29 is 23.1 Å². The van der Waals surface area contributed by atoms with Gasteiger partial charge in [-0.3, -0.25) is 9.59 Å². The summed E-state index contributed by atoms with van der Waals surface area (Å²) in [7, 11) is 0. The van der Waals surface area contributed by atoms with Crippen LogP contribution in [0.3, 0.4) is 0 Å². The minimum atomic E-state index is -2.97. The Kier molecular flexibility index (Phi) is 7.15. The van der Waals surface area contributed by atoms with Gasteiger partial charge in [-0.15, -0.1) is 11.3 Å². The maximum absolute atomic E-state index is 12.2. The van der Waals surface area contributed by atoms with Gasteiger partial charge in [0, 0.05) is 18.7 Å². The summed E-state index contributed by atoms with van der Waals surface area (Å²) in [4.78, 5) is 24.2. The van der Waals surface area contributed by atoms with Gasteiger partial charge in [-0.1, -0.05) is 17.7 Å². The number of carbonyl (C=O) groups excluding carboxylic acids is 2. The number of amides is 2. The van der Waals surface area contributed by atoms with E-state index in [0.29, 0.717) is 23.5 Å². The Morgan fingerprint density at radius 3 is 2.72 bits per heavy atom. The molecule has 5 nitrogen and oxygen atoms in total. The molecule has 0 aliphatic rings. The number of nitrogens with one attached hydrogen (secondary N) is 2. The van der Waals surface area contributed by atoms with Crippen molar-refractivity contribution in [1.29, 1.82) is 0 Å². The largest absolute Gasteiger partial charge is 0.433 e. The molecule has 2 amide bonds. The Labute approximate surface area is 151 Å². The molecule has 0 unspecified atom stereocenters. The molecular weight excluding hydrogens is 374 g/mol. The maximum Gasteiger partial charge on any atom is 0.387 e. The van der Waals surface area contributed by atoms with Crippen LogP contribution in [0.1, 0.15) is 22.5 Å². The summed E-state index contributed by atoms with van der Waals surface area (Å²) in [6.45, 7) is -2.60. The number of ether oxygens (including phenoxy) is 1. The Morgan fingerprint density at radius 1 is 1.28 bits per heavy atom. The number of carbonyl (C=O) groups is 2. The highest BCUT2D eigenvalue weighted by Crippen LogP contribution is 2.28. The van der Waals surface area contributed by atoms with Crippen LogP contribution in [-0.4, -0.2) is 25.0 Å². The molecule has 0 atom stereocenters. The van der Waals surface area contributed by atoms with Crippen molar-refractivity contribution in [2.75, 3.05) is 11.9 Å². The molecule has 2 aromatic rings. The Hall–Kier alpha value is -2.19. The number of rotatable bonds is 8. The lowest BCUT2D eigenvalue weighted by atomic mass is 10.2. The third kappa shape index (κ3) is 6.32. The molecule has 9 heteroatoms. The predicted octanol–water partition coefficient (Wildman–Crippen LogP) is 4.15. The van der Waals surface area contributed by atoms with Gasteiger partial charge in [0.05, 0.1) is 9.90 Å². The molecule has 2 rings (SSSR count). The molecule has 0 fully saturated rings. The number of thiophene rings is 1. The summed E-state index contributed by atoms with van der Waals surface area (Å²) in [6, 6.07) is 7.51. The first kappa shape index (κ1) is 19.1. The average Bonchev–Trinajstić information content (AvgIpc) is 3.08. The van der Waals surface area contributed by atoms with Crippen LogP contribution in [0.5, 0.6) is 5.75 Å². The van der Waals surface area contributed by atoms with E-state index in [9.17, 15) is 18.4 Å². The van der Waals surface area contributed by atoms with E-state index in [0.717, 1.165) is 0 Å². The highest BCUT2D eigenvalue weighted by atomic mass is 35.5. The minimum absolute atomic E-state index is 0.0266. The fourth-order valence-corrected chi connectivity index (χ4v) is 2.80. The highest BCUT2D eigenvalue weighted by molar-refractivity contribution is 7.12. The zero-order chi connectivity index (χ0) is 18.2. The molecule has 1 aromatic carbocycles. The summed E-state index contributed by atoms with van der Waals surface area (Å²) in [5, 5.41) is 7.11. The van der Waals surface area contributed by atoms with Crippen molar-refractivity contribution in [3.8, 4) is 5.75 Å². The van der Waals surface area contributed by atoms with Crippen molar-refractivity contribution in [3.63, 3.8) is 0 Å². The predicted molar refractivity (Wildman–Crippen MR) is 92.6 cm³/mol. The number of hydrogen-bond acceptors (Lipinski definition) is 4. The average molecular weight is 389 g/mol. The smallest absolute Gasteiger partial charge is 0.387 e. The molecule has 25 heavy (non-hydrogen) atoms. The topological polar surface area (TPSA) is 67.4 Å². The Morgan fingerprint density at radius 2 is 2.08 bits per heavy atom. The van der Waals surface area contributed by atoms with Gasteiger partial charge in [-0.05, 0) is 36.1 Å². The molecular formula is C16H15ClF2N2O3S. The van der Waals surface area contributed by atoms with Gasteiger partial charge in [0.25, 0.3) is 5.91 Å². The second-order valence-corrected chi connectivity index (χ2v) is 6.26. The van der Waals surface area contributed by atoms with Crippen molar-refractivity contribution in [1.82, 2.24) is 5.32 Å². The van der Waals surface area contributed by atoms with E-state index in [1.54, 1.807) is 12.1 Å². The lowest BCUT2D eigenvalue weighted by molar-refractivity contribution is -0.116. The van der Waals surface area contributed by atoms with Gasteiger partial charge < -0.3 is 15.4 Å². The Balaban J connectivity index is 1.73. The minimum Gasteiger partial charge on any atom is -0.433 e. The number of anilines is 1.